The number of hydrogen-bond acceptors (Lipinski definition) is 5. The van der Waals surface area contributed by atoms with E-state index in [-0.39, 0.29) is 31.4 Å². The fourth-order valence-electron chi connectivity index (χ4n) is 5.92. The highest BCUT2D eigenvalue weighted by atomic mass is 16.3. The average Bonchev–Trinajstić information content (AvgIpc) is 3.44. The van der Waals surface area contributed by atoms with Gasteiger partial charge in [0, 0.05) is 47.8 Å². The van der Waals surface area contributed by atoms with Gasteiger partial charge in [-0.1, -0.05) is 73.7 Å². The van der Waals surface area contributed by atoms with Crippen LogP contribution in [0, 0.1) is 5.92 Å². The zero-order chi connectivity index (χ0) is 29.4. The summed E-state index contributed by atoms with van der Waals surface area (Å²) in [5.41, 5.74) is 1.81. The Hall–Kier alpha value is -4.79. The number of benzene rings is 4. The van der Waals surface area contributed by atoms with E-state index in [2.05, 4.69) is 5.32 Å². The van der Waals surface area contributed by atoms with Crippen LogP contribution in [0.25, 0.3) is 10.8 Å². The Morgan fingerprint density at radius 3 is 2.55 bits per heavy atom. The smallest absolute Gasteiger partial charge is 0.263 e. The van der Waals surface area contributed by atoms with E-state index in [9.17, 15) is 24.6 Å². The van der Waals surface area contributed by atoms with Crippen LogP contribution in [0.2, 0.25) is 0 Å². The van der Waals surface area contributed by atoms with Crippen LogP contribution < -0.4 is 10.2 Å². The maximum atomic E-state index is 13.5. The Bertz CT molecular complexity index is 1730. The van der Waals surface area contributed by atoms with E-state index in [1.54, 1.807) is 53.1 Å². The van der Waals surface area contributed by atoms with E-state index in [1.807, 2.05) is 60.7 Å². The summed E-state index contributed by atoms with van der Waals surface area (Å²) in [6.07, 6.45) is 3.36. The fraction of sp³-hybridized carbons (Fsp3) is 0.206. The maximum Gasteiger partial charge on any atom is 0.263 e. The minimum atomic E-state index is -1.90. The first-order chi connectivity index (χ1) is 20.3. The van der Waals surface area contributed by atoms with Crippen molar-refractivity contribution in [3.05, 3.63) is 114 Å². The number of anilines is 3. The summed E-state index contributed by atoms with van der Waals surface area (Å²) in [5, 5.41) is 25.9. The fourth-order valence-corrected chi connectivity index (χ4v) is 5.92. The molecule has 2 aliphatic rings. The molecular weight excluding hydrogens is 530 g/mol. The number of rotatable bonds is 9. The molecule has 0 fully saturated rings. The second-order valence-electron chi connectivity index (χ2n) is 10.7. The molecule has 8 nitrogen and oxygen atoms in total. The molecule has 4 aromatic rings. The summed E-state index contributed by atoms with van der Waals surface area (Å²) in [6, 6.07) is 26.1. The van der Waals surface area contributed by atoms with Crippen LogP contribution in [0.5, 0.6) is 0 Å². The monoisotopic (exact) mass is 561 g/mol. The van der Waals surface area contributed by atoms with Crippen molar-refractivity contribution in [2.45, 2.75) is 25.5 Å². The third-order valence-corrected chi connectivity index (χ3v) is 8.14. The largest absolute Gasteiger partial charge is 0.395 e. The molecule has 3 N–H and O–H groups in total. The van der Waals surface area contributed by atoms with Crippen LogP contribution in [-0.2, 0) is 21.7 Å². The minimum absolute atomic E-state index is 0.0479. The molecule has 0 unspecified atom stereocenters. The molecule has 8 heteroatoms. The van der Waals surface area contributed by atoms with Gasteiger partial charge in [0.1, 0.15) is 0 Å². The van der Waals surface area contributed by atoms with Crippen LogP contribution in [0.15, 0.2) is 97.1 Å². The zero-order valence-corrected chi connectivity index (χ0v) is 23.2. The van der Waals surface area contributed by atoms with Gasteiger partial charge in [0.25, 0.3) is 11.8 Å². The van der Waals surface area contributed by atoms with E-state index in [0.717, 1.165) is 22.0 Å². The van der Waals surface area contributed by atoms with Crippen molar-refractivity contribution in [1.29, 1.82) is 0 Å². The van der Waals surface area contributed by atoms with Crippen molar-refractivity contribution in [3.63, 3.8) is 0 Å². The molecule has 0 aromatic heterocycles. The third kappa shape index (κ3) is 4.55. The highest BCUT2D eigenvalue weighted by Crippen LogP contribution is 2.46. The van der Waals surface area contributed by atoms with Crippen LogP contribution >= 0.6 is 0 Å². The second kappa shape index (κ2) is 10.9. The molecule has 0 saturated heterocycles. The number of nitrogens with zero attached hydrogens (tertiary/aromatic N) is 2. The molecule has 6 rings (SSSR count). The highest BCUT2D eigenvalue weighted by molar-refractivity contribution is 6.28. The summed E-state index contributed by atoms with van der Waals surface area (Å²) >= 11 is 0. The van der Waals surface area contributed by atoms with Gasteiger partial charge < -0.3 is 20.4 Å². The number of aliphatic hydroxyl groups excluding tert-OH is 1. The van der Waals surface area contributed by atoms with Crippen LogP contribution in [0.4, 0.5) is 17.1 Å². The zero-order valence-electron chi connectivity index (χ0n) is 23.2. The Morgan fingerprint density at radius 1 is 1.02 bits per heavy atom. The summed E-state index contributed by atoms with van der Waals surface area (Å²) in [5.74, 6) is -1.60. The van der Waals surface area contributed by atoms with Crippen LogP contribution in [0.3, 0.4) is 0 Å². The molecule has 0 bridgehead atoms. The lowest BCUT2D eigenvalue weighted by atomic mass is 9.82. The number of nitrogens with one attached hydrogen (secondary N) is 1. The lowest BCUT2D eigenvalue weighted by molar-refractivity contribution is -0.137. The van der Waals surface area contributed by atoms with E-state index >= 15 is 0 Å². The average molecular weight is 562 g/mol. The van der Waals surface area contributed by atoms with Crippen molar-refractivity contribution in [3.8, 4) is 0 Å². The van der Waals surface area contributed by atoms with E-state index < -0.39 is 17.4 Å². The van der Waals surface area contributed by atoms with Gasteiger partial charge >= 0.3 is 0 Å². The van der Waals surface area contributed by atoms with E-state index in [0.29, 0.717) is 29.0 Å². The lowest BCUT2D eigenvalue weighted by Crippen LogP contribution is -2.40. The standard InChI is InChI=1S/C34H31N3O5/c1-22(8-5-15-30(39)36(18-19-38)21-23-9-3-2-4-10-23)34(42)27-20-25(16-17-28(27)35-33(34)41)37-29-14-7-12-24-11-6-13-26(31(24)29)32(37)40/h2-14,16-17,20,22,38,42H,15,18-19,21H2,1H3,(H,35,41)/b8-5+/t22-,34+/m0/s1. The molecule has 42 heavy (non-hydrogen) atoms. The molecule has 0 spiro atoms. The first-order valence-electron chi connectivity index (χ1n) is 14.0. The summed E-state index contributed by atoms with van der Waals surface area (Å²) in [4.78, 5) is 42.8. The van der Waals surface area contributed by atoms with E-state index in [1.165, 1.54) is 0 Å². The number of fused-ring (bicyclic) bond motifs is 1. The normalized spacial score (nSPS) is 18.0. The first-order valence-corrected chi connectivity index (χ1v) is 14.0. The van der Waals surface area contributed by atoms with Crippen molar-refractivity contribution in [1.82, 2.24) is 4.90 Å². The predicted octanol–water partition coefficient (Wildman–Crippen LogP) is 4.87. The Kier molecular flexibility index (Phi) is 7.10. The quantitative estimate of drug-likeness (QED) is 0.253. The van der Waals surface area contributed by atoms with Crippen molar-refractivity contribution in [2.75, 3.05) is 23.4 Å². The number of carbonyl (C=O) groups excluding carboxylic acids is 3. The van der Waals surface area contributed by atoms with Crippen molar-refractivity contribution in [2.24, 2.45) is 5.92 Å². The predicted molar refractivity (Wildman–Crippen MR) is 161 cm³/mol. The number of carbonyl (C=O) groups is 3. The summed E-state index contributed by atoms with van der Waals surface area (Å²) < 4.78 is 0. The second-order valence-corrected chi connectivity index (χ2v) is 10.7. The highest BCUT2D eigenvalue weighted by Gasteiger charge is 2.49. The third-order valence-electron chi connectivity index (χ3n) is 8.14. The minimum Gasteiger partial charge on any atom is -0.395 e. The molecule has 3 amide bonds. The van der Waals surface area contributed by atoms with Crippen molar-refractivity contribution < 1.29 is 24.6 Å². The van der Waals surface area contributed by atoms with Gasteiger partial charge in [-0.05, 0) is 41.3 Å². The van der Waals surface area contributed by atoms with Crippen molar-refractivity contribution >= 4 is 45.6 Å². The van der Waals surface area contributed by atoms with Crippen LogP contribution in [-0.4, -0.2) is 46.0 Å². The summed E-state index contributed by atoms with van der Waals surface area (Å²) in [7, 11) is 0. The molecule has 0 saturated carbocycles. The van der Waals surface area contributed by atoms with Crippen LogP contribution in [0.1, 0.15) is 34.8 Å². The van der Waals surface area contributed by atoms with Gasteiger partial charge in [0.05, 0.1) is 17.9 Å². The lowest BCUT2D eigenvalue weighted by Gasteiger charge is -2.27. The Morgan fingerprint density at radius 2 is 1.79 bits per heavy atom. The topological polar surface area (TPSA) is 110 Å². The Labute approximate surface area is 243 Å². The van der Waals surface area contributed by atoms with Gasteiger partial charge in [0.15, 0.2) is 5.60 Å². The molecule has 0 aliphatic carbocycles. The number of aliphatic hydroxyl groups is 2. The summed E-state index contributed by atoms with van der Waals surface area (Å²) in [6.45, 7) is 2.14. The molecular formula is C34H31N3O5. The SMILES string of the molecule is C[C@@H](/C=C/CC(=O)N(CCO)Cc1ccccc1)[C@]1(O)C(=O)Nc2ccc(N3C(=O)c4cccc5cccc3c45)cc21. The maximum absolute atomic E-state index is 13.5. The number of hydrogen-bond donors (Lipinski definition) is 3. The molecule has 2 atom stereocenters. The van der Waals surface area contributed by atoms with Gasteiger partial charge in [0.2, 0.25) is 5.91 Å². The first kappa shape index (κ1) is 27.4. The van der Waals surface area contributed by atoms with E-state index in [4.69, 9.17) is 0 Å². The Balaban J connectivity index is 1.24. The van der Waals surface area contributed by atoms with Gasteiger partial charge in [-0.2, -0.15) is 0 Å². The molecule has 2 heterocycles. The molecule has 2 aliphatic heterocycles. The number of amides is 3. The molecule has 212 valence electrons. The van der Waals surface area contributed by atoms with Gasteiger partial charge in [-0.25, -0.2) is 0 Å². The van der Waals surface area contributed by atoms with Gasteiger partial charge in [-0.3, -0.25) is 19.3 Å². The molecule has 0 radical (unpaired) electrons. The molecule has 4 aromatic carbocycles. The van der Waals surface area contributed by atoms with Gasteiger partial charge in [-0.15, -0.1) is 0 Å².